The molecule has 3 nitrogen and oxygen atoms in total. The molecule has 0 spiro atoms. The van der Waals surface area contributed by atoms with Gasteiger partial charge in [-0.05, 0) is 56.4 Å². The van der Waals surface area contributed by atoms with Crippen molar-refractivity contribution in [1.29, 1.82) is 0 Å². The van der Waals surface area contributed by atoms with Crippen LogP contribution >= 0.6 is 11.8 Å². The molecule has 0 saturated heterocycles. The standard InChI is InChI=1S/C17H21N3S/c1-3-18-16-9-12(2)19-17(20-16)11-21-15-8-7-13-5-4-6-14(13)10-15/h7-10H,3-6,11H2,1-2H3,(H,18,19,20). The van der Waals surface area contributed by atoms with Crippen molar-refractivity contribution in [2.45, 2.75) is 43.8 Å². The van der Waals surface area contributed by atoms with Crippen LogP contribution in [0.25, 0.3) is 0 Å². The Bertz CT molecular complexity index is 640. The van der Waals surface area contributed by atoms with Crippen LogP contribution in [0.1, 0.15) is 36.0 Å². The number of aryl methyl sites for hydroxylation is 3. The van der Waals surface area contributed by atoms with Gasteiger partial charge in [-0.3, -0.25) is 0 Å². The Kier molecular flexibility index (Phi) is 4.44. The molecule has 1 aromatic heterocycles. The molecule has 0 fully saturated rings. The first-order valence-corrected chi connectivity index (χ1v) is 8.56. The Morgan fingerprint density at radius 2 is 2.00 bits per heavy atom. The fourth-order valence-electron chi connectivity index (χ4n) is 2.75. The van der Waals surface area contributed by atoms with Gasteiger partial charge in [0, 0.05) is 23.2 Å². The molecule has 0 aliphatic heterocycles. The third kappa shape index (κ3) is 3.56. The van der Waals surface area contributed by atoms with Gasteiger partial charge >= 0.3 is 0 Å². The highest BCUT2D eigenvalue weighted by Gasteiger charge is 2.11. The Morgan fingerprint density at radius 3 is 2.86 bits per heavy atom. The summed E-state index contributed by atoms with van der Waals surface area (Å²) < 4.78 is 0. The highest BCUT2D eigenvalue weighted by Crippen LogP contribution is 2.29. The average molecular weight is 299 g/mol. The molecule has 4 heteroatoms. The summed E-state index contributed by atoms with van der Waals surface area (Å²) in [7, 11) is 0. The van der Waals surface area contributed by atoms with Crippen LogP contribution in [-0.4, -0.2) is 16.5 Å². The first-order valence-electron chi connectivity index (χ1n) is 7.57. The zero-order chi connectivity index (χ0) is 14.7. The lowest BCUT2D eigenvalue weighted by molar-refractivity contribution is 0.911. The fourth-order valence-corrected chi connectivity index (χ4v) is 3.57. The predicted octanol–water partition coefficient (Wildman–Crippen LogP) is 4.00. The smallest absolute Gasteiger partial charge is 0.141 e. The molecule has 0 saturated carbocycles. The predicted molar refractivity (Wildman–Crippen MR) is 89.0 cm³/mol. The summed E-state index contributed by atoms with van der Waals surface area (Å²) in [5, 5.41) is 3.26. The van der Waals surface area contributed by atoms with E-state index in [1.54, 1.807) is 0 Å². The normalized spacial score (nSPS) is 13.2. The van der Waals surface area contributed by atoms with Gasteiger partial charge in [0.2, 0.25) is 0 Å². The molecule has 2 aromatic rings. The maximum absolute atomic E-state index is 4.57. The van der Waals surface area contributed by atoms with E-state index in [0.717, 1.165) is 29.6 Å². The largest absolute Gasteiger partial charge is 0.370 e. The molecule has 0 radical (unpaired) electrons. The molecule has 1 aromatic carbocycles. The number of nitrogens with one attached hydrogen (secondary N) is 1. The van der Waals surface area contributed by atoms with Gasteiger partial charge < -0.3 is 5.32 Å². The molecule has 1 N–H and O–H groups in total. The number of hydrogen-bond acceptors (Lipinski definition) is 4. The van der Waals surface area contributed by atoms with Gasteiger partial charge in [-0.2, -0.15) is 0 Å². The van der Waals surface area contributed by atoms with Gasteiger partial charge in [0.1, 0.15) is 11.6 Å². The van der Waals surface area contributed by atoms with Crippen molar-refractivity contribution in [2.75, 3.05) is 11.9 Å². The number of benzene rings is 1. The van der Waals surface area contributed by atoms with Crippen LogP contribution in [0.5, 0.6) is 0 Å². The summed E-state index contributed by atoms with van der Waals surface area (Å²) in [6.45, 7) is 4.98. The number of nitrogens with zero attached hydrogens (tertiary/aromatic N) is 2. The van der Waals surface area contributed by atoms with Crippen molar-refractivity contribution in [2.24, 2.45) is 0 Å². The summed E-state index contributed by atoms with van der Waals surface area (Å²) >= 11 is 1.82. The van der Waals surface area contributed by atoms with Crippen LogP contribution in [0.15, 0.2) is 29.2 Å². The van der Waals surface area contributed by atoms with Gasteiger partial charge in [-0.1, -0.05) is 6.07 Å². The zero-order valence-corrected chi connectivity index (χ0v) is 13.5. The van der Waals surface area contributed by atoms with Gasteiger partial charge in [-0.15, -0.1) is 11.8 Å². The first kappa shape index (κ1) is 14.4. The van der Waals surface area contributed by atoms with Gasteiger partial charge in [-0.25, -0.2) is 9.97 Å². The number of rotatable bonds is 5. The first-order chi connectivity index (χ1) is 10.2. The van der Waals surface area contributed by atoms with Crippen molar-refractivity contribution in [3.63, 3.8) is 0 Å². The number of aromatic nitrogens is 2. The van der Waals surface area contributed by atoms with Crippen LogP contribution in [-0.2, 0) is 18.6 Å². The maximum Gasteiger partial charge on any atom is 0.141 e. The summed E-state index contributed by atoms with van der Waals surface area (Å²) in [5.74, 6) is 2.64. The van der Waals surface area contributed by atoms with Crippen LogP contribution in [0, 0.1) is 6.92 Å². The molecule has 0 atom stereocenters. The van der Waals surface area contributed by atoms with E-state index in [4.69, 9.17) is 0 Å². The lowest BCUT2D eigenvalue weighted by Crippen LogP contribution is -2.04. The Labute approximate surface area is 130 Å². The van der Waals surface area contributed by atoms with E-state index in [9.17, 15) is 0 Å². The summed E-state index contributed by atoms with van der Waals surface area (Å²) in [5.41, 5.74) is 4.07. The van der Waals surface area contributed by atoms with E-state index in [1.165, 1.54) is 35.3 Å². The number of hydrogen-bond donors (Lipinski definition) is 1. The number of fused-ring (bicyclic) bond motifs is 1. The monoisotopic (exact) mass is 299 g/mol. The van der Waals surface area contributed by atoms with Crippen molar-refractivity contribution >= 4 is 17.6 Å². The van der Waals surface area contributed by atoms with Crippen molar-refractivity contribution in [3.05, 3.63) is 46.9 Å². The molecule has 1 aliphatic carbocycles. The zero-order valence-electron chi connectivity index (χ0n) is 12.6. The SMILES string of the molecule is CCNc1cc(C)nc(CSc2ccc3c(c2)CCC3)n1. The van der Waals surface area contributed by atoms with E-state index < -0.39 is 0 Å². The maximum atomic E-state index is 4.57. The van der Waals surface area contributed by atoms with E-state index in [-0.39, 0.29) is 0 Å². The second kappa shape index (κ2) is 6.48. The van der Waals surface area contributed by atoms with Crippen LogP contribution in [0.3, 0.4) is 0 Å². The van der Waals surface area contributed by atoms with E-state index in [0.29, 0.717) is 0 Å². The van der Waals surface area contributed by atoms with E-state index in [2.05, 4.69) is 40.4 Å². The number of anilines is 1. The Balaban J connectivity index is 1.69. The third-order valence-corrected chi connectivity index (χ3v) is 4.69. The minimum Gasteiger partial charge on any atom is -0.370 e. The van der Waals surface area contributed by atoms with Gasteiger partial charge in [0.05, 0.1) is 5.75 Å². The summed E-state index contributed by atoms with van der Waals surface area (Å²) in [6.07, 6.45) is 3.78. The molecule has 0 amide bonds. The fraction of sp³-hybridized carbons (Fsp3) is 0.412. The lowest BCUT2D eigenvalue weighted by Gasteiger charge is -2.07. The van der Waals surface area contributed by atoms with Crippen LogP contribution in [0.2, 0.25) is 0 Å². The molecule has 3 rings (SSSR count). The minimum atomic E-state index is 0.818. The Hall–Kier alpha value is -1.55. The molecular weight excluding hydrogens is 278 g/mol. The quantitative estimate of drug-likeness (QED) is 0.847. The molecule has 1 heterocycles. The highest BCUT2D eigenvalue weighted by atomic mass is 32.2. The number of thioether (sulfide) groups is 1. The summed E-state index contributed by atoms with van der Waals surface area (Å²) in [6, 6.07) is 8.85. The van der Waals surface area contributed by atoms with Gasteiger partial charge in [0.25, 0.3) is 0 Å². The minimum absolute atomic E-state index is 0.818. The molecule has 21 heavy (non-hydrogen) atoms. The second-order valence-corrected chi connectivity index (χ2v) is 6.46. The molecule has 1 aliphatic rings. The van der Waals surface area contributed by atoms with E-state index in [1.807, 2.05) is 24.8 Å². The lowest BCUT2D eigenvalue weighted by atomic mass is 10.1. The molecular formula is C17H21N3S. The molecule has 0 bridgehead atoms. The molecule has 110 valence electrons. The van der Waals surface area contributed by atoms with Crippen LogP contribution in [0.4, 0.5) is 5.82 Å². The van der Waals surface area contributed by atoms with Crippen molar-refractivity contribution < 1.29 is 0 Å². The van der Waals surface area contributed by atoms with Crippen molar-refractivity contribution in [3.8, 4) is 0 Å². The summed E-state index contributed by atoms with van der Waals surface area (Å²) in [4.78, 5) is 10.4. The van der Waals surface area contributed by atoms with E-state index >= 15 is 0 Å². The van der Waals surface area contributed by atoms with Gasteiger partial charge in [0.15, 0.2) is 0 Å². The van der Waals surface area contributed by atoms with Crippen molar-refractivity contribution in [1.82, 2.24) is 9.97 Å². The van der Waals surface area contributed by atoms with Crippen LogP contribution < -0.4 is 5.32 Å². The highest BCUT2D eigenvalue weighted by molar-refractivity contribution is 7.98. The second-order valence-electron chi connectivity index (χ2n) is 5.41. The third-order valence-electron chi connectivity index (χ3n) is 3.70. The average Bonchev–Trinajstić information content (AvgIpc) is 2.92. The Morgan fingerprint density at radius 1 is 1.14 bits per heavy atom. The molecule has 0 unspecified atom stereocenters. The topological polar surface area (TPSA) is 37.8 Å².